The molecule has 8 nitrogen and oxygen atoms in total. The molecule has 120 valence electrons. The summed E-state index contributed by atoms with van der Waals surface area (Å²) in [5.74, 6) is -2.76. The van der Waals surface area contributed by atoms with Crippen LogP contribution < -0.4 is 5.32 Å². The van der Waals surface area contributed by atoms with Gasteiger partial charge < -0.3 is 10.2 Å². The van der Waals surface area contributed by atoms with Crippen LogP contribution in [0.25, 0.3) is 0 Å². The largest absolute Gasteiger partial charge is 0.365 e. The summed E-state index contributed by atoms with van der Waals surface area (Å²) in [5.41, 5.74) is 0.459. The Balaban J connectivity index is 1.77. The molecule has 0 unspecified atom stereocenters. The second-order valence-corrected chi connectivity index (χ2v) is 4.84. The zero-order valence-electron chi connectivity index (χ0n) is 12.5. The van der Waals surface area contributed by atoms with Crippen molar-refractivity contribution in [2.24, 2.45) is 0 Å². The molecule has 1 aromatic heterocycles. The van der Waals surface area contributed by atoms with Crippen LogP contribution in [0.15, 0.2) is 42.6 Å². The van der Waals surface area contributed by atoms with E-state index in [1.165, 1.54) is 31.3 Å². The summed E-state index contributed by atoms with van der Waals surface area (Å²) in [5, 5.41) is 2.81. The zero-order valence-corrected chi connectivity index (χ0v) is 12.5. The number of pyridine rings is 1. The van der Waals surface area contributed by atoms with Crippen LogP contribution >= 0.6 is 0 Å². The molecule has 0 saturated carbocycles. The lowest BCUT2D eigenvalue weighted by molar-refractivity contribution is -0.0584. The van der Waals surface area contributed by atoms with E-state index in [0.717, 1.165) is 6.20 Å². The van der Waals surface area contributed by atoms with Crippen molar-refractivity contribution < 1.29 is 24.0 Å². The minimum atomic E-state index is -0.930. The van der Waals surface area contributed by atoms with Gasteiger partial charge in [-0.15, -0.1) is 0 Å². The summed E-state index contributed by atoms with van der Waals surface area (Å²) in [6.45, 7) is 0. The number of nitrogens with zero attached hydrogens (tertiary/aromatic N) is 2. The Bertz CT molecular complexity index is 825. The van der Waals surface area contributed by atoms with Crippen molar-refractivity contribution in [2.75, 3.05) is 7.05 Å². The minimum Gasteiger partial charge on any atom is -0.354 e. The maximum absolute atomic E-state index is 12.1. The lowest BCUT2D eigenvalue weighted by Gasteiger charge is -2.12. The van der Waals surface area contributed by atoms with Gasteiger partial charge in [0.05, 0.1) is 16.7 Å². The third kappa shape index (κ3) is 2.50. The molecule has 8 heteroatoms. The Kier molecular flexibility index (Phi) is 3.78. The third-order valence-electron chi connectivity index (χ3n) is 3.39. The molecule has 1 aromatic carbocycles. The predicted molar refractivity (Wildman–Crippen MR) is 80.0 cm³/mol. The predicted octanol–water partition coefficient (Wildman–Crippen LogP) is 0.809. The number of hydrogen-bond acceptors (Lipinski definition) is 6. The molecule has 1 aliphatic heterocycles. The normalized spacial score (nSPS) is 12.8. The van der Waals surface area contributed by atoms with Gasteiger partial charge in [-0.3, -0.25) is 19.4 Å². The first kappa shape index (κ1) is 15.3. The van der Waals surface area contributed by atoms with E-state index in [2.05, 4.69) is 10.3 Å². The van der Waals surface area contributed by atoms with Gasteiger partial charge in [0, 0.05) is 13.2 Å². The van der Waals surface area contributed by atoms with E-state index in [1.54, 1.807) is 12.1 Å². The van der Waals surface area contributed by atoms with Crippen LogP contribution in [-0.4, -0.2) is 40.8 Å². The number of amides is 3. The molecular weight excluding hydrogens is 314 g/mol. The Morgan fingerprint density at radius 1 is 1.04 bits per heavy atom. The van der Waals surface area contributed by atoms with Gasteiger partial charge in [-0.1, -0.05) is 17.2 Å². The fourth-order valence-corrected chi connectivity index (χ4v) is 2.16. The fourth-order valence-electron chi connectivity index (χ4n) is 2.16. The average Bonchev–Trinajstić information content (AvgIpc) is 2.86. The number of carbonyl (C=O) groups is 4. The molecule has 0 saturated heterocycles. The van der Waals surface area contributed by atoms with E-state index >= 15 is 0 Å². The summed E-state index contributed by atoms with van der Waals surface area (Å²) in [6.07, 6.45) is 1.13. The lowest BCUT2D eigenvalue weighted by atomic mass is 10.1. The number of hydroxylamine groups is 2. The number of hydrogen-bond donors (Lipinski definition) is 1. The average molecular weight is 325 g/mol. The summed E-state index contributed by atoms with van der Waals surface area (Å²) >= 11 is 0. The molecule has 0 radical (unpaired) electrons. The fraction of sp³-hybridized carbons (Fsp3) is 0.0625. The standard InChI is InChI=1S/C16H11N3O5/c1-17-13(20)12-7-6-9(8-18-12)16(23)24-19-14(21)10-4-2-3-5-11(10)15(19)22/h2-8H,1H3,(H,17,20). The third-order valence-corrected chi connectivity index (χ3v) is 3.39. The number of imide groups is 1. The molecule has 0 spiro atoms. The summed E-state index contributed by atoms with van der Waals surface area (Å²) in [6, 6.07) is 8.82. The van der Waals surface area contributed by atoms with E-state index in [0.29, 0.717) is 5.06 Å². The SMILES string of the molecule is CNC(=O)c1ccc(C(=O)ON2C(=O)c3ccccc3C2=O)cn1. The second-order valence-electron chi connectivity index (χ2n) is 4.84. The molecular formula is C16H11N3O5. The van der Waals surface area contributed by atoms with E-state index in [1.807, 2.05) is 0 Å². The van der Waals surface area contributed by atoms with E-state index < -0.39 is 23.7 Å². The van der Waals surface area contributed by atoms with Gasteiger partial charge in [-0.2, -0.15) is 0 Å². The first-order valence-electron chi connectivity index (χ1n) is 6.91. The number of carbonyl (C=O) groups excluding carboxylic acids is 4. The van der Waals surface area contributed by atoms with Crippen molar-refractivity contribution in [1.82, 2.24) is 15.4 Å². The number of fused-ring (bicyclic) bond motifs is 1. The Morgan fingerprint density at radius 2 is 1.67 bits per heavy atom. The maximum Gasteiger partial charge on any atom is 0.365 e. The number of nitrogens with one attached hydrogen (secondary N) is 1. The van der Waals surface area contributed by atoms with Gasteiger partial charge in [0.1, 0.15) is 5.69 Å². The first-order chi connectivity index (χ1) is 11.5. The van der Waals surface area contributed by atoms with Crippen LogP contribution in [-0.2, 0) is 4.84 Å². The Morgan fingerprint density at radius 3 is 2.17 bits per heavy atom. The first-order valence-corrected chi connectivity index (χ1v) is 6.91. The van der Waals surface area contributed by atoms with Gasteiger partial charge in [0.15, 0.2) is 0 Å². The van der Waals surface area contributed by atoms with Crippen LogP contribution in [0.5, 0.6) is 0 Å². The smallest absolute Gasteiger partial charge is 0.354 e. The highest BCUT2D eigenvalue weighted by molar-refractivity contribution is 6.21. The zero-order chi connectivity index (χ0) is 17.3. The molecule has 2 heterocycles. The number of aromatic nitrogens is 1. The molecule has 2 aromatic rings. The van der Waals surface area contributed by atoms with E-state index in [-0.39, 0.29) is 22.4 Å². The quantitative estimate of drug-likeness (QED) is 0.837. The van der Waals surface area contributed by atoms with Crippen molar-refractivity contribution in [3.05, 3.63) is 65.0 Å². The van der Waals surface area contributed by atoms with Crippen molar-refractivity contribution in [2.45, 2.75) is 0 Å². The van der Waals surface area contributed by atoms with Crippen molar-refractivity contribution in [3.63, 3.8) is 0 Å². The minimum absolute atomic E-state index is 0.000732. The van der Waals surface area contributed by atoms with E-state index in [4.69, 9.17) is 4.84 Å². The maximum atomic E-state index is 12.1. The van der Waals surface area contributed by atoms with Gasteiger partial charge in [0.2, 0.25) is 0 Å². The molecule has 0 bridgehead atoms. The van der Waals surface area contributed by atoms with Crippen LogP contribution in [0.4, 0.5) is 0 Å². The highest BCUT2D eigenvalue weighted by atomic mass is 16.7. The molecule has 0 atom stereocenters. The molecule has 24 heavy (non-hydrogen) atoms. The van der Waals surface area contributed by atoms with E-state index in [9.17, 15) is 19.2 Å². The highest BCUT2D eigenvalue weighted by Gasteiger charge is 2.38. The van der Waals surface area contributed by atoms with Gasteiger partial charge >= 0.3 is 5.97 Å². The van der Waals surface area contributed by atoms with Gasteiger partial charge in [-0.05, 0) is 24.3 Å². The number of benzene rings is 1. The van der Waals surface area contributed by atoms with Gasteiger partial charge in [-0.25, -0.2) is 4.79 Å². The topological polar surface area (TPSA) is 106 Å². The Labute approximate surface area is 136 Å². The monoisotopic (exact) mass is 325 g/mol. The molecule has 3 amide bonds. The van der Waals surface area contributed by atoms with Gasteiger partial charge in [0.25, 0.3) is 17.7 Å². The highest BCUT2D eigenvalue weighted by Crippen LogP contribution is 2.23. The van der Waals surface area contributed by atoms with Crippen molar-refractivity contribution in [3.8, 4) is 0 Å². The molecule has 0 fully saturated rings. The van der Waals surface area contributed by atoms with Crippen LogP contribution in [0.2, 0.25) is 0 Å². The molecule has 0 aliphatic carbocycles. The summed E-state index contributed by atoms with van der Waals surface area (Å²) < 4.78 is 0. The van der Waals surface area contributed by atoms with Crippen LogP contribution in [0.3, 0.4) is 0 Å². The van der Waals surface area contributed by atoms with Crippen LogP contribution in [0.1, 0.15) is 41.6 Å². The molecule has 1 aliphatic rings. The molecule has 1 N–H and O–H groups in total. The van der Waals surface area contributed by atoms with Crippen molar-refractivity contribution in [1.29, 1.82) is 0 Å². The number of rotatable bonds is 3. The summed E-state index contributed by atoms with van der Waals surface area (Å²) in [4.78, 5) is 56.4. The summed E-state index contributed by atoms with van der Waals surface area (Å²) in [7, 11) is 1.45. The molecule has 3 rings (SSSR count). The Hall–Kier alpha value is -3.55. The second kappa shape index (κ2) is 5.92. The van der Waals surface area contributed by atoms with Crippen molar-refractivity contribution >= 4 is 23.7 Å². The lowest BCUT2D eigenvalue weighted by Crippen LogP contribution is -2.32. The van der Waals surface area contributed by atoms with Crippen LogP contribution in [0, 0.1) is 0 Å².